The van der Waals surface area contributed by atoms with Gasteiger partial charge in [0, 0.05) is 11.3 Å². The Morgan fingerprint density at radius 1 is 1.07 bits per heavy atom. The Balaban J connectivity index is 1.87. The molecule has 0 radical (unpaired) electrons. The third-order valence-corrected chi connectivity index (χ3v) is 4.77. The van der Waals surface area contributed by atoms with E-state index in [2.05, 4.69) is 20.5 Å². The zero-order valence-corrected chi connectivity index (χ0v) is 15.9. The van der Waals surface area contributed by atoms with E-state index in [9.17, 15) is 0 Å². The van der Waals surface area contributed by atoms with Crippen LogP contribution in [0.5, 0.6) is 17.4 Å². The number of hydrogen-bond acceptors (Lipinski definition) is 8. The number of para-hydroxylation sites is 1. The highest BCUT2D eigenvalue weighted by Crippen LogP contribution is 2.41. The number of ether oxygens (including phenoxy) is 3. The van der Waals surface area contributed by atoms with Crippen molar-refractivity contribution in [2.24, 2.45) is 0 Å². The molecule has 0 fully saturated rings. The van der Waals surface area contributed by atoms with Crippen LogP contribution in [0.2, 0.25) is 0 Å². The van der Waals surface area contributed by atoms with Crippen LogP contribution in [-0.4, -0.2) is 35.7 Å². The smallest absolute Gasteiger partial charge is 0.247 e. The molecule has 3 aromatic rings. The summed E-state index contributed by atoms with van der Waals surface area (Å²) in [5.74, 6) is 1.81. The number of aromatic nitrogens is 3. The average molecular weight is 382 g/mol. The maximum atomic E-state index is 6.24. The average Bonchev–Trinajstić information content (AvgIpc) is 2.89. The molecule has 8 heteroatoms. The monoisotopic (exact) mass is 382 g/mol. The molecule has 138 valence electrons. The number of methoxy groups -OCH3 is 2. The lowest BCUT2D eigenvalue weighted by molar-refractivity contribution is 0.219. The fourth-order valence-electron chi connectivity index (χ4n) is 2.92. The Kier molecular flexibility index (Phi) is 4.72. The van der Waals surface area contributed by atoms with Gasteiger partial charge in [0.25, 0.3) is 0 Å². The van der Waals surface area contributed by atoms with Crippen LogP contribution in [0.3, 0.4) is 0 Å². The van der Waals surface area contributed by atoms with Gasteiger partial charge in [0.2, 0.25) is 17.3 Å². The molecule has 1 atom stereocenters. The molecule has 0 bridgehead atoms. The first-order valence-electron chi connectivity index (χ1n) is 8.26. The molecule has 27 heavy (non-hydrogen) atoms. The summed E-state index contributed by atoms with van der Waals surface area (Å²) in [7, 11) is 3.25. The van der Waals surface area contributed by atoms with Crippen LogP contribution >= 0.6 is 11.8 Å². The summed E-state index contributed by atoms with van der Waals surface area (Å²) in [4.78, 5) is 4.52. The highest BCUT2D eigenvalue weighted by atomic mass is 32.2. The van der Waals surface area contributed by atoms with Gasteiger partial charge < -0.3 is 19.5 Å². The third-order valence-electron chi connectivity index (χ3n) is 4.24. The van der Waals surface area contributed by atoms with Crippen LogP contribution < -0.4 is 19.5 Å². The van der Waals surface area contributed by atoms with E-state index in [0.717, 1.165) is 16.8 Å². The first-order valence-corrected chi connectivity index (χ1v) is 9.49. The molecular weight excluding hydrogens is 364 g/mol. The van der Waals surface area contributed by atoms with Gasteiger partial charge in [0.05, 0.1) is 19.8 Å². The maximum Gasteiger partial charge on any atom is 0.247 e. The molecule has 0 saturated carbocycles. The summed E-state index contributed by atoms with van der Waals surface area (Å²) in [6.45, 7) is 0. The molecule has 1 aliphatic rings. The summed E-state index contributed by atoms with van der Waals surface area (Å²) in [6, 6.07) is 13.4. The molecule has 0 spiro atoms. The van der Waals surface area contributed by atoms with Crippen molar-refractivity contribution in [3.05, 3.63) is 48.0 Å². The number of benzene rings is 2. The molecule has 1 unspecified atom stereocenters. The van der Waals surface area contributed by atoms with E-state index in [1.165, 1.54) is 11.8 Å². The highest BCUT2D eigenvalue weighted by Gasteiger charge is 2.28. The van der Waals surface area contributed by atoms with Crippen LogP contribution in [0.1, 0.15) is 11.8 Å². The molecule has 0 saturated heterocycles. The lowest BCUT2D eigenvalue weighted by Gasteiger charge is -2.21. The van der Waals surface area contributed by atoms with Crippen LogP contribution in [0.4, 0.5) is 5.69 Å². The Bertz CT molecular complexity index is 983. The number of rotatable bonds is 4. The standard InChI is InChI=1S/C19H18N4O3S/c1-24-11-8-9-15(25-2)13(10-11)17-20-14-7-5-4-6-12(14)16-18(26-17)21-19(27-3)23-22-16/h4-10,17,20H,1-3H3. The lowest BCUT2D eigenvalue weighted by atomic mass is 10.1. The topological polar surface area (TPSA) is 78.4 Å². The van der Waals surface area contributed by atoms with Crippen molar-refractivity contribution in [1.29, 1.82) is 0 Å². The molecule has 4 rings (SSSR count). The molecule has 2 aromatic carbocycles. The predicted molar refractivity (Wildman–Crippen MR) is 104 cm³/mol. The van der Waals surface area contributed by atoms with Gasteiger partial charge in [-0.25, -0.2) is 0 Å². The molecule has 2 heterocycles. The zero-order valence-electron chi connectivity index (χ0n) is 15.1. The quantitative estimate of drug-likeness (QED) is 0.683. The molecule has 1 aliphatic heterocycles. The number of hydrogen-bond donors (Lipinski definition) is 1. The number of nitrogens with zero attached hydrogens (tertiary/aromatic N) is 3. The molecule has 7 nitrogen and oxygen atoms in total. The van der Waals surface area contributed by atoms with Crippen molar-refractivity contribution in [2.75, 3.05) is 25.8 Å². The number of thioether (sulfide) groups is 1. The maximum absolute atomic E-state index is 6.24. The van der Waals surface area contributed by atoms with E-state index >= 15 is 0 Å². The predicted octanol–water partition coefficient (Wildman–Crippen LogP) is 3.78. The second-order valence-electron chi connectivity index (χ2n) is 5.75. The number of anilines is 1. The summed E-state index contributed by atoms with van der Waals surface area (Å²) < 4.78 is 17.1. The van der Waals surface area contributed by atoms with Crippen LogP contribution in [0, 0.1) is 0 Å². The fourth-order valence-corrected chi connectivity index (χ4v) is 3.22. The molecular formula is C19H18N4O3S. The zero-order chi connectivity index (χ0) is 18.8. The minimum atomic E-state index is -0.538. The van der Waals surface area contributed by atoms with Gasteiger partial charge in [-0.05, 0) is 30.5 Å². The van der Waals surface area contributed by atoms with Gasteiger partial charge in [-0.2, -0.15) is 4.98 Å². The third kappa shape index (κ3) is 3.23. The Morgan fingerprint density at radius 2 is 1.93 bits per heavy atom. The van der Waals surface area contributed by atoms with E-state index in [0.29, 0.717) is 28.2 Å². The SMILES string of the molecule is COc1ccc(OC)c(C2Nc3ccccc3-c3nnc(SC)nc3O2)c1. The van der Waals surface area contributed by atoms with Gasteiger partial charge in [-0.3, -0.25) is 0 Å². The minimum absolute atomic E-state index is 0.418. The minimum Gasteiger partial charge on any atom is -0.497 e. The summed E-state index contributed by atoms with van der Waals surface area (Å²) in [6.07, 6.45) is 1.36. The van der Waals surface area contributed by atoms with E-state index in [4.69, 9.17) is 14.2 Å². The van der Waals surface area contributed by atoms with Crippen molar-refractivity contribution in [2.45, 2.75) is 11.4 Å². The van der Waals surface area contributed by atoms with Gasteiger partial charge in [0.1, 0.15) is 11.5 Å². The Hall–Kier alpha value is -3.00. The van der Waals surface area contributed by atoms with Gasteiger partial charge >= 0.3 is 0 Å². The second-order valence-corrected chi connectivity index (χ2v) is 6.52. The Morgan fingerprint density at radius 3 is 2.70 bits per heavy atom. The van der Waals surface area contributed by atoms with Crippen molar-refractivity contribution in [1.82, 2.24) is 15.2 Å². The largest absolute Gasteiger partial charge is 0.497 e. The first kappa shape index (κ1) is 17.4. The van der Waals surface area contributed by atoms with E-state index in [-0.39, 0.29) is 0 Å². The summed E-state index contributed by atoms with van der Waals surface area (Å²) in [5, 5.41) is 12.5. The van der Waals surface area contributed by atoms with E-state index in [1.54, 1.807) is 14.2 Å². The second kappa shape index (κ2) is 7.32. The number of fused-ring (bicyclic) bond motifs is 3. The number of nitrogens with one attached hydrogen (secondary N) is 1. The molecule has 1 aromatic heterocycles. The van der Waals surface area contributed by atoms with Crippen molar-refractivity contribution < 1.29 is 14.2 Å². The van der Waals surface area contributed by atoms with E-state index in [1.807, 2.05) is 48.7 Å². The molecule has 0 amide bonds. The first-order chi connectivity index (χ1) is 13.2. The molecule has 1 N–H and O–H groups in total. The molecule has 0 aliphatic carbocycles. The van der Waals surface area contributed by atoms with Crippen molar-refractivity contribution in [3.63, 3.8) is 0 Å². The van der Waals surface area contributed by atoms with Gasteiger partial charge in [-0.1, -0.05) is 30.0 Å². The van der Waals surface area contributed by atoms with E-state index < -0.39 is 6.23 Å². The normalized spacial score (nSPS) is 14.9. The van der Waals surface area contributed by atoms with Gasteiger partial charge in [0.15, 0.2) is 5.69 Å². The van der Waals surface area contributed by atoms with Crippen molar-refractivity contribution in [3.8, 4) is 28.6 Å². The van der Waals surface area contributed by atoms with Gasteiger partial charge in [-0.15, -0.1) is 10.2 Å². The Labute approximate surface area is 161 Å². The summed E-state index contributed by atoms with van der Waals surface area (Å²) >= 11 is 1.41. The fraction of sp³-hybridized carbons (Fsp3) is 0.211. The van der Waals surface area contributed by atoms with Crippen LogP contribution in [0.15, 0.2) is 47.6 Å². The highest BCUT2D eigenvalue weighted by molar-refractivity contribution is 7.98. The van der Waals surface area contributed by atoms with Crippen LogP contribution in [0.25, 0.3) is 11.3 Å². The van der Waals surface area contributed by atoms with Crippen molar-refractivity contribution >= 4 is 17.4 Å². The van der Waals surface area contributed by atoms with Crippen LogP contribution in [-0.2, 0) is 0 Å². The summed E-state index contributed by atoms with van der Waals surface area (Å²) in [5.41, 5.74) is 3.15. The lowest BCUT2D eigenvalue weighted by Crippen LogP contribution is -2.18.